The Hall–Kier alpha value is -3.52. The van der Waals surface area contributed by atoms with E-state index in [-0.39, 0.29) is 30.6 Å². The van der Waals surface area contributed by atoms with Crippen molar-refractivity contribution in [2.24, 2.45) is 4.99 Å². The van der Waals surface area contributed by atoms with Crippen LogP contribution in [0.1, 0.15) is 22.4 Å². The molecule has 2 aliphatic rings. The van der Waals surface area contributed by atoms with Crippen molar-refractivity contribution in [2.75, 3.05) is 42.5 Å². The van der Waals surface area contributed by atoms with Crippen molar-refractivity contribution in [1.29, 1.82) is 0 Å². The summed E-state index contributed by atoms with van der Waals surface area (Å²) < 4.78 is 13.3. The van der Waals surface area contributed by atoms with E-state index in [1.807, 2.05) is 43.5 Å². The molecule has 0 spiro atoms. The van der Waals surface area contributed by atoms with E-state index < -0.39 is 0 Å². The van der Waals surface area contributed by atoms with Crippen molar-refractivity contribution in [3.63, 3.8) is 0 Å². The fourth-order valence-electron chi connectivity index (χ4n) is 4.51. The van der Waals surface area contributed by atoms with Crippen LogP contribution in [-0.4, -0.2) is 55.1 Å². The molecule has 6 nitrogen and oxygen atoms in total. The number of aryl methyl sites for hydroxylation is 2. The summed E-state index contributed by atoms with van der Waals surface area (Å²) in [6.45, 7) is 6.43. The van der Waals surface area contributed by atoms with Crippen LogP contribution in [0.3, 0.4) is 0 Å². The second-order valence-corrected chi connectivity index (χ2v) is 9.91. The molecule has 35 heavy (non-hydrogen) atoms. The van der Waals surface area contributed by atoms with Crippen molar-refractivity contribution >= 4 is 45.9 Å². The van der Waals surface area contributed by atoms with Crippen molar-refractivity contribution in [1.82, 2.24) is 4.90 Å². The van der Waals surface area contributed by atoms with Crippen molar-refractivity contribution in [3.05, 3.63) is 75.7 Å². The number of benzene rings is 2. The van der Waals surface area contributed by atoms with Gasteiger partial charge in [-0.1, -0.05) is 6.07 Å². The summed E-state index contributed by atoms with van der Waals surface area (Å²) in [6, 6.07) is 14.3. The van der Waals surface area contributed by atoms with Gasteiger partial charge in [0.1, 0.15) is 12.4 Å². The summed E-state index contributed by atoms with van der Waals surface area (Å²) in [5.74, 6) is -0.472. The van der Waals surface area contributed by atoms with Gasteiger partial charge in [-0.3, -0.25) is 9.59 Å². The van der Waals surface area contributed by atoms with Gasteiger partial charge in [-0.25, -0.2) is 9.38 Å². The van der Waals surface area contributed by atoms with Gasteiger partial charge in [-0.05, 0) is 72.8 Å². The van der Waals surface area contributed by atoms with Gasteiger partial charge in [-0.15, -0.1) is 11.3 Å². The Labute approximate surface area is 208 Å². The number of halogens is 1. The highest BCUT2D eigenvalue weighted by Crippen LogP contribution is 2.36. The van der Waals surface area contributed by atoms with Crippen LogP contribution in [0.15, 0.2) is 58.9 Å². The molecule has 0 unspecified atom stereocenters. The van der Waals surface area contributed by atoms with Gasteiger partial charge < -0.3 is 14.7 Å². The number of aliphatic imine (C=N–C) groups is 1. The van der Waals surface area contributed by atoms with Crippen LogP contribution in [0.5, 0.6) is 0 Å². The Morgan fingerprint density at radius 2 is 1.74 bits per heavy atom. The monoisotopic (exact) mass is 490 g/mol. The van der Waals surface area contributed by atoms with Crippen LogP contribution < -0.4 is 9.80 Å². The zero-order valence-electron chi connectivity index (χ0n) is 19.8. The maximum absolute atomic E-state index is 13.4. The van der Waals surface area contributed by atoms with E-state index in [9.17, 15) is 14.0 Å². The van der Waals surface area contributed by atoms with E-state index in [4.69, 9.17) is 4.99 Å². The van der Waals surface area contributed by atoms with Gasteiger partial charge in [-0.2, -0.15) is 0 Å². The first-order chi connectivity index (χ1) is 16.9. The molecule has 0 radical (unpaired) electrons. The molecule has 2 aromatic carbocycles. The summed E-state index contributed by atoms with van der Waals surface area (Å²) in [4.78, 5) is 38.1. The highest BCUT2D eigenvalue weighted by molar-refractivity contribution is 7.12. The van der Waals surface area contributed by atoms with E-state index in [1.54, 1.807) is 33.3 Å². The van der Waals surface area contributed by atoms with Crippen molar-refractivity contribution < 1.29 is 14.0 Å². The maximum Gasteiger partial charge on any atom is 0.242 e. The third kappa shape index (κ3) is 4.84. The third-order valence-corrected chi connectivity index (χ3v) is 7.60. The fourth-order valence-corrected chi connectivity index (χ4v) is 5.22. The lowest BCUT2D eigenvalue weighted by atomic mass is 10.1. The minimum atomic E-state index is -0.262. The van der Waals surface area contributed by atoms with Crippen LogP contribution in [0.4, 0.5) is 21.5 Å². The molecule has 1 aromatic heterocycles. The van der Waals surface area contributed by atoms with E-state index in [0.29, 0.717) is 31.9 Å². The summed E-state index contributed by atoms with van der Waals surface area (Å²) in [7, 11) is 0. The smallest absolute Gasteiger partial charge is 0.242 e. The van der Waals surface area contributed by atoms with Gasteiger partial charge in [0, 0.05) is 36.7 Å². The average Bonchev–Trinajstić information content (AvgIpc) is 3.36. The first kappa shape index (κ1) is 23.2. The number of thiophene rings is 1. The molecule has 8 heteroatoms. The minimum Gasteiger partial charge on any atom is -0.368 e. The number of nitrogens with zero attached hydrogens (tertiary/aromatic N) is 4. The number of fused-ring (bicyclic) bond motifs is 1. The Morgan fingerprint density at radius 1 is 1.03 bits per heavy atom. The molecule has 1 fully saturated rings. The van der Waals surface area contributed by atoms with Crippen LogP contribution in [-0.2, 0) is 9.59 Å². The van der Waals surface area contributed by atoms with E-state index in [0.717, 1.165) is 33.1 Å². The largest absolute Gasteiger partial charge is 0.368 e. The Bertz CT molecular complexity index is 1280. The quantitative estimate of drug-likeness (QED) is 0.532. The lowest BCUT2D eigenvalue weighted by Gasteiger charge is -2.37. The molecule has 1 saturated heterocycles. The highest BCUT2D eigenvalue weighted by Gasteiger charge is 2.30. The molecule has 0 saturated carbocycles. The first-order valence-electron chi connectivity index (χ1n) is 11.7. The minimum absolute atomic E-state index is 0.0158. The number of anilines is 2. The molecular weight excluding hydrogens is 463 g/mol. The van der Waals surface area contributed by atoms with Gasteiger partial charge in [0.05, 0.1) is 23.5 Å². The highest BCUT2D eigenvalue weighted by atomic mass is 32.1. The van der Waals surface area contributed by atoms with Gasteiger partial charge in [0.25, 0.3) is 0 Å². The molecule has 5 rings (SSSR count). The SMILES string of the molecule is Cc1cc2c(cc1C)N(CC(=O)N1CCN(c3ccc(F)cc3)CC1)C(=O)CC(c1cccs1)=N2. The second kappa shape index (κ2) is 9.62. The number of carbonyl (C=O) groups excluding carboxylic acids is 2. The average molecular weight is 491 g/mol. The molecule has 3 heterocycles. The Morgan fingerprint density at radius 3 is 2.43 bits per heavy atom. The van der Waals surface area contributed by atoms with Crippen LogP contribution in [0.25, 0.3) is 0 Å². The summed E-state index contributed by atoms with van der Waals surface area (Å²) in [6.07, 6.45) is 0.152. The van der Waals surface area contributed by atoms with Gasteiger partial charge in [0.15, 0.2) is 0 Å². The van der Waals surface area contributed by atoms with Crippen LogP contribution in [0, 0.1) is 19.7 Å². The van der Waals surface area contributed by atoms with E-state index in [1.165, 1.54) is 12.1 Å². The third-order valence-electron chi connectivity index (χ3n) is 6.68. The molecule has 180 valence electrons. The predicted octanol–water partition coefficient (Wildman–Crippen LogP) is 4.71. The van der Waals surface area contributed by atoms with E-state index >= 15 is 0 Å². The van der Waals surface area contributed by atoms with Gasteiger partial charge >= 0.3 is 0 Å². The lowest BCUT2D eigenvalue weighted by Crippen LogP contribution is -2.52. The molecular formula is C27H27FN4O2S. The Balaban J connectivity index is 1.34. The van der Waals surface area contributed by atoms with Crippen LogP contribution >= 0.6 is 11.3 Å². The lowest BCUT2D eigenvalue weighted by molar-refractivity contribution is -0.131. The fraction of sp³-hybridized carbons (Fsp3) is 0.296. The second-order valence-electron chi connectivity index (χ2n) is 8.96. The van der Waals surface area contributed by atoms with Crippen LogP contribution in [0.2, 0.25) is 0 Å². The zero-order chi connectivity index (χ0) is 24.5. The number of rotatable bonds is 4. The van der Waals surface area contributed by atoms with Crippen molar-refractivity contribution in [3.8, 4) is 0 Å². The number of amides is 2. The predicted molar refractivity (Wildman–Crippen MR) is 139 cm³/mol. The number of carbonyl (C=O) groups is 2. The van der Waals surface area contributed by atoms with E-state index in [2.05, 4.69) is 4.90 Å². The normalized spacial score (nSPS) is 16.1. The molecule has 0 bridgehead atoms. The van der Waals surface area contributed by atoms with Gasteiger partial charge in [0.2, 0.25) is 11.8 Å². The topological polar surface area (TPSA) is 56.2 Å². The summed E-state index contributed by atoms with van der Waals surface area (Å²) >= 11 is 1.56. The summed E-state index contributed by atoms with van der Waals surface area (Å²) in [5.41, 5.74) is 5.23. The molecule has 0 aliphatic carbocycles. The molecule has 0 N–H and O–H groups in total. The standard InChI is InChI=1S/C27H27FN4O2S/c1-18-14-22-24(15-19(18)2)32(26(33)16-23(29-22)25-4-3-13-35-25)17-27(34)31-11-9-30(10-12-31)21-7-5-20(28)6-8-21/h3-8,13-15H,9-12,16-17H2,1-2H3. The molecule has 3 aromatic rings. The zero-order valence-corrected chi connectivity index (χ0v) is 20.6. The number of piperazine rings is 1. The first-order valence-corrected chi connectivity index (χ1v) is 12.6. The molecule has 0 atom stereocenters. The Kier molecular flexibility index (Phi) is 6.38. The maximum atomic E-state index is 13.4. The number of hydrogen-bond acceptors (Lipinski definition) is 5. The number of hydrogen-bond donors (Lipinski definition) is 0. The van der Waals surface area contributed by atoms with Crippen molar-refractivity contribution in [2.45, 2.75) is 20.3 Å². The molecule has 2 aliphatic heterocycles. The molecule has 2 amide bonds. The summed E-state index contributed by atoms with van der Waals surface area (Å²) in [5, 5.41) is 1.97.